The first-order valence-electron chi connectivity index (χ1n) is 9.12. The molecular weight excluding hydrogens is 366 g/mol. The van der Waals surface area contributed by atoms with Gasteiger partial charge >= 0.3 is 0 Å². The molecule has 0 saturated heterocycles. The molecule has 1 aromatic heterocycles. The predicted octanol–water partition coefficient (Wildman–Crippen LogP) is 6.22. The Balaban J connectivity index is 1.62. The van der Waals surface area contributed by atoms with Gasteiger partial charge in [-0.15, -0.1) is 0 Å². The molecule has 5 heteroatoms. The van der Waals surface area contributed by atoms with Gasteiger partial charge in [0.15, 0.2) is 5.13 Å². The number of para-hydroxylation sites is 2. The summed E-state index contributed by atoms with van der Waals surface area (Å²) >= 11 is 1.49. The Morgan fingerprint density at radius 1 is 0.857 bits per heavy atom. The van der Waals surface area contributed by atoms with Crippen LogP contribution in [0.5, 0.6) is 0 Å². The molecule has 0 saturated carbocycles. The molecular formula is C23H21N3OS. The van der Waals surface area contributed by atoms with E-state index in [1.807, 2.05) is 61.5 Å². The number of amides is 1. The Bertz CT molecular complexity index is 1180. The van der Waals surface area contributed by atoms with E-state index in [2.05, 4.69) is 35.5 Å². The van der Waals surface area contributed by atoms with Crippen LogP contribution in [0.2, 0.25) is 0 Å². The maximum atomic E-state index is 13.0. The number of hydrogen-bond donors (Lipinski definition) is 2. The summed E-state index contributed by atoms with van der Waals surface area (Å²) in [5.74, 6) is -0.176. The van der Waals surface area contributed by atoms with Gasteiger partial charge in [0.25, 0.3) is 5.91 Å². The third-order valence-corrected chi connectivity index (χ3v) is 5.82. The number of benzene rings is 3. The van der Waals surface area contributed by atoms with E-state index < -0.39 is 0 Å². The summed E-state index contributed by atoms with van der Waals surface area (Å²) < 4.78 is 1.07. The molecule has 0 aliphatic heterocycles. The average molecular weight is 388 g/mol. The molecule has 1 amide bonds. The third kappa shape index (κ3) is 3.49. The lowest BCUT2D eigenvalue weighted by Gasteiger charge is -2.14. The SMILES string of the molecule is Cc1cccc(Nc2ccccc2C(=O)Nc2nc3c(C)cccc3s2)c1C. The minimum Gasteiger partial charge on any atom is -0.355 e. The lowest BCUT2D eigenvalue weighted by molar-refractivity contribution is 0.102. The number of aryl methyl sites for hydroxylation is 2. The van der Waals surface area contributed by atoms with Crippen LogP contribution >= 0.6 is 11.3 Å². The number of hydrogen-bond acceptors (Lipinski definition) is 4. The Morgan fingerprint density at radius 2 is 1.57 bits per heavy atom. The topological polar surface area (TPSA) is 54.0 Å². The van der Waals surface area contributed by atoms with Gasteiger partial charge in [0.05, 0.1) is 21.5 Å². The molecule has 140 valence electrons. The molecule has 0 aliphatic rings. The van der Waals surface area contributed by atoms with Crippen LogP contribution in [-0.4, -0.2) is 10.9 Å². The summed E-state index contributed by atoms with van der Waals surface area (Å²) in [7, 11) is 0. The van der Waals surface area contributed by atoms with Crippen LogP contribution in [0.3, 0.4) is 0 Å². The van der Waals surface area contributed by atoms with E-state index in [0.717, 1.165) is 27.2 Å². The quantitative estimate of drug-likeness (QED) is 0.437. The average Bonchev–Trinajstić information content (AvgIpc) is 3.10. The normalized spacial score (nSPS) is 10.8. The summed E-state index contributed by atoms with van der Waals surface area (Å²) in [5.41, 5.74) is 6.76. The Kier molecular flexibility index (Phi) is 4.84. The molecule has 4 aromatic rings. The van der Waals surface area contributed by atoms with Gasteiger partial charge in [-0.3, -0.25) is 10.1 Å². The van der Waals surface area contributed by atoms with Crippen molar-refractivity contribution < 1.29 is 4.79 Å². The Hall–Kier alpha value is -3.18. The van der Waals surface area contributed by atoms with Gasteiger partial charge in [-0.1, -0.05) is 47.7 Å². The summed E-state index contributed by atoms with van der Waals surface area (Å²) in [5, 5.41) is 6.97. The van der Waals surface area contributed by atoms with Crippen LogP contribution in [0.25, 0.3) is 10.2 Å². The van der Waals surface area contributed by atoms with Crippen LogP contribution in [-0.2, 0) is 0 Å². The molecule has 0 atom stereocenters. The number of carbonyl (C=O) groups is 1. The van der Waals surface area contributed by atoms with Gasteiger partial charge in [0, 0.05) is 5.69 Å². The molecule has 0 unspecified atom stereocenters. The molecule has 0 spiro atoms. The second-order valence-electron chi connectivity index (χ2n) is 6.81. The molecule has 0 aliphatic carbocycles. The van der Waals surface area contributed by atoms with Crippen LogP contribution in [0.1, 0.15) is 27.0 Å². The van der Waals surface area contributed by atoms with Gasteiger partial charge in [0.1, 0.15) is 0 Å². The van der Waals surface area contributed by atoms with Gasteiger partial charge in [-0.05, 0) is 61.7 Å². The second kappa shape index (κ2) is 7.44. The minimum atomic E-state index is -0.176. The maximum absolute atomic E-state index is 13.0. The molecule has 4 rings (SSSR count). The van der Waals surface area contributed by atoms with Gasteiger partial charge in [-0.25, -0.2) is 4.98 Å². The van der Waals surface area contributed by atoms with E-state index in [4.69, 9.17) is 0 Å². The number of nitrogens with zero attached hydrogens (tertiary/aromatic N) is 1. The first-order chi connectivity index (χ1) is 13.5. The molecule has 28 heavy (non-hydrogen) atoms. The van der Waals surface area contributed by atoms with E-state index in [9.17, 15) is 4.79 Å². The van der Waals surface area contributed by atoms with Crippen molar-refractivity contribution in [1.29, 1.82) is 0 Å². The minimum absolute atomic E-state index is 0.176. The first-order valence-corrected chi connectivity index (χ1v) is 9.94. The van der Waals surface area contributed by atoms with Gasteiger partial charge in [-0.2, -0.15) is 0 Å². The molecule has 0 bridgehead atoms. The van der Waals surface area contributed by atoms with Crippen molar-refractivity contribution >= 4 is 44.0 Å². The molecule has 0 fully saturated rings. The molecule has 2 N–H and O–H groups in total. The zero-order valence-electron chi connectivity index (χ0n) is 16.0. The second-order valence-corrected chi connectivity index (χ2v) is 7.84. The predicted molar refractivity (Wildman–Crippen MR) is 118 cm³/mol. The highest BCUT2D eigenvalue weighted by molar-refractivity contribution is 7.22. The lowest BCUT2D eigenvalue weighted by Crippen LogP contribution is -2.13. The number of rotatable bonds is 4. The maximum Gasteiger partial charge on any atom is 0.259 e. The highest BCUT2D eigenvalue weighted by Crippen LogP contribution is 2.29. The molecule has 0 radical (unpaired) electrons. The van der Waals surface area contributed by atoms with E-state index in [0.29, 0.717) is 10.7 Å². The van der Waals surface area contributed by atoms with E-state index in [1.54, 1.807) is 0 Å². The van der Waals surface area contributed by atoms with Crippen molar-refractivity contribution in [3.63, 3.8) is 0 Å². The zero-order valence-corrected chi connectivity index (χ0v) is 16.9. The van der Waals surface area contributed by atoms with Crippen molar-refractivity contribution in [1.82, 2.24) is 4.98 Å². The number of aromatic nitrogens is 1. The van der Waals surface area contributed by atoms with E-state index in [1.165, 1.54) is 22.5 Å². The Labute approximate surface area is 168 Å². The summed E-state index contributed by atoms with van der Waals surface area (Å²) in [6, 6.07) is 19.7. The van der Waals surface area contributed by atoms with Crippen molar-refractivity contribution in [3.8, 4) is 0 Å². The lowest BCUT2D eigenvalue weighted by atomic mass is 10.1. The Morgan fingerprint density at radius 3 is 2.39 bits per heavy atom. The largest absolute Gasteiger partial charge is 0.355 e. The number of nitrogens with one attached hydrogen (secondary N) is 2. The molecule has 1 heterocycles. The first kappa shape index (κ1) is 18.2. The fourth-order valence-electron chi connectivity index (χ4n) is 3.13. The van der Waals surface area contributed by atoms with Crippen LogP contribution < -0.4 is 10.6 Å². The van der Waals surface area contributed by atoms with Crippen molar-refractivity contribution in [3.05, 3.63) is 82.9 Å². The highest BCUT2D eigenvalue weighted by atomic mass is 32.1. The van der Waals surface area contributed by atoms with Crippen molar-refractivity contribution in [2.75, 3.05) is 10.6 Å². The van der Waals surface area contributed by atoms with Crippen molar-refractivity contribution in [2.24, 2.45) is 0 Å². The van der Waals surface area contributed by atoms with Crippen LogP contribution in [0, 0.1) is 20.8 Å². The molecule has 3 aromatic carbocycles. The smallest absolute Gasteiger partial charge is 0.259 e. The fraction of sp³-hybridized carbons (Fsp3) is 0.130. The van der Waals surface area contributed by atoms with Crippen LogP contribution in [0.4, 0.5) is 16.5 Å². The summed E-state index contributed by atoms with van der Waals surface area (Å²) in [6.45, 7) is 6.18. The number of carbonyl (C=O) groups excluding carboxylic acids is 1. The van der Waals surface area contributed by atoms with Gasteiger partial charge in [0.2, 0.25) is 0 Å². The standard InChI is InChI=1S/C23H21N3OS/c1-14-8-6-12-18(16(14)3)24-19-11-5-4-10-17(19)22(27)26-23-25-21-15(2)9-7-13-20(21)28-23/h4-13,24H,1-3H3,(H,25,26,27). The monoisotopic (exact) mass is 387 g/mol. The van der Waals surface area contributed by atoms with Gasteiger partial charge < -0.3 is 5.32 Å². The van der Waals surface area contributed by atoms with E-state index in [-0.39, 0.29) is 5.91 Å². The zero-order chi connectivity index (χ0) is 19.7. The number of thiazole rings is 1. The van der Waals surface area contributed by atoms with E-state index >= 15 is 0 Å². The number of anilines is 3. The van der Waals surface area contributed by atoms with Crippen molar-refractivity contribution in [2.45, 2.75) is 20.8 Å². The van der Waals surface area contributed by atoms with Crippen LogP contribution in [0.15, 0.2) is 60.7 Å². The number of fused-ring (bicyclic) bond motifs is 1. The highest BCUT2D eigenvalue weighted by Gasteiger charge is 2.15. The summed E-state index contributed by atoms with van der Waals surface area (Å²) in [4.78, 5) is 17.5. The molecule has 4 nitrogen and oxygen atoms in total. The third-order valence-electron chi connectivity index (χ3n) is 4.89. The fourth-order valence-corrected chi connectivity index (χ4v) is 4.06. The summed E-state index contributed by atoms with van der Waals surface area (Å²) in [6.07, 6.45) is 0.